The number of carbonyl (C=O) groups excluding carboxylic acids is 1. The Morgan fingerprint density at radius 1 is 0.818 bits per heavy atom. The first-order valence-corrected chi connectivity index (χ1v) is 8.57. The normalized spacial score (nSPS) is 19.4. The average Bonchev–Trinajstić information content (AvgIpc) is 2.49. The van der Waals surface area contributed by atoms with Crippen molar-refractivity contribution in [2.45, 2.75) is 58.5 Å². The maximum Gasteiger partial charge on any atom is 0.508 e. The largest absolute Gasteiger partial charge is 0.508 e. The fourth-order valence-electron chi connectivity index (χ4n) is 2.34. The summed E-state index contributed by atoms with van der Waals surface area (Å²) >= 11 is 0. The number of hydrogen-bond donors (Lipinski definition) is 0. The smallest absolute Gasteiger partial charge is 0.438 e. The standard InChI is InChI=1S/2C6H13N.C5H10O3/c2*1-7-5-3-2-4-6-7;1-4(2)8-5(6)7-3/h2*2-6H2,1H3;4H,1-3H3. The van der Waals surface area contributed by atoms with E-state index in [1.54, 1.807) is 13.8 Å². The van der Waals surface area contributed by atoms with Gasteiger partial charge in [-0.05, 0) is 79.8 Å². The molecule has 0 amide bonds. The number of piperidine rings is 2. The molecular weight excluding hydrogens is 280 g/mol. The molecule has 2 heterocycles. The summed E-state index contributed by atoms with van der Waals surface area (Å²) in [5.41, 5.74) is 0. The molecule has 0 N–H and O–H groups in total. The zero-order valence-corrected chi connectivity index (χ0v) is 15.3. The molecule has 2 rings (SSSR count). The van der Waals surface area contributed by atoms with Gasteiger partial charge in [0.1, 0.15) is 0 Å². The number of likely N-dealkylation sites (tertiary alicyclic amines) is 2. The van der Waals surface area contributed by atoms with E-state index in [0.717, 1.165) is 0 Å². The van der Waals surface area contributed by atoms with Crippen LogP contribution in [-0.2, 0) is 9.47 Å². The van der Waals surface area contributed by atoms with Crippen LogP contribution in [0.4, 0.5) is 4.79 Å². The highest BCUT2D eigenvalue weighted by Crippen LogP contribution is 2.05. The number of ether oxygens (including phenoxy) is 2. The molecule has 0 atom stereocenters. The summed E-state index contributed by atoms with van der Waals surface area (Å²) in [5.74, 6) is 0. The molecule has 0 spiro atoms. The minimum atomic E-state index is -0.625. The second-order valence-corrected chi connectivity index (χ2v) is 6.35. The van der Waals surface area contributed by atoms with Gasteiger partial charge >= 0.3 is 6.16 Å². The summed E-state index contributed by atoms with van der Waals surface area (Å²) in [4.78, 5) is 15.0. The molecule has 5 heteroatoms. The van der Waals surface area contributed by atoms with Gasteiger partial charge in [0.2, 0.25) is 0 Å². The highest BCUT2D eigenvalue weighted by atomic mass is 16.7. The molecular formula is C17H36N2O3. The summed E-state index contributed by atoms with van der Waals surface area (Å²) in [6.45, 7) is 8.80. The first kappa shape index (κ1) is 21.2. The van der Waals surface area contributed by atoms with Crippen molar-refractivity contribution in [3.05, 3.63) is 0 Å². The SMILES string of the molecule is CN1CCCCC1.CN1CCCCC1.COC(=O)OC(C)C. The predicted molar refractivity (Wildman–Crippen MR) is 91.3 cm³/mol. The molecule has 0 aromatic heterocycles. The lowest BCUT2D eigenvalue weighted by Crippen LogP contribution is -2.24. The molecule has 132 valence electrons. The van der Waals surface area contributed by atoms with E-state index >= 15 is 0 Å². The van der Waals surface area contributed by atoms with Crippen LogP contribution >= 0.6 is 0 Å². The Kier molecular flexibility index (Phi) is 13.3. The van der Waals surface area contributed by atoms with Crippen LogP contribution in [0.5, 0.6) is 0 Å². The van der Waals surface area contributed by atoms with Crippen molar-refractivity contribution in [2.24, 2.45) is 0 Å². The van der Waals surface area contributed by atoms with Crippen molar-refractivity contribution in [3.63, 3.8) is 0 Å². The van der Waals surface area contributed by atoms with E-state index < -0.39 is 6.16 Å². The van der Waals surface area contributed by atoms with Crippen LogP contribution in [0.15, 0.2) is 0 Å². The summed E-state index contributed by atoms with van der Waals surface area (Å²) in [6, 6.07) is 0. The Morgan fingerprint density at radius 2 is 1.18 bits per heavy atom. The third-order valence-electron chi connectivity index (χ3n) is 3.66. The average molecular weight is 316 g/mol. The van der Waals surface area contributed by atoms with E-state index in [2.05, 4.69) is 33.4 Å². The van der Waals surface area contributed by atoms with Crippen LogP contribution in [0.1, 0.15) is 52.4 Å². The fraction of sp³-hybridized carbons (Fsp3) is 0.941. The molecule has 0 radical (unpaired) electrons. The lowest BCUT2D eigenvalue weighted by molar-refractivity contribution is 0.0496. The van der Waals surface area contributed by atoms with Gasteiger partial charge in [0.15, 0.2) is 0 Å². The van der Waals surface area contributed by atoms with Crippen molar-refractivity contribution in [1.29, 1.82) is 0 Å². The summed E-state index contributed by atoms with van der Waals surface area (Å²) in [7, 11) is 5.67. The molecule has 0 saturated carbocycles. The molecule has 0 aromatic carbocycles. The Labute approximate surface area is 136 Å². The lowest BCUT2D eigenvalue weighted by Gasteiger charge is -2.20. The van der Waals surface area contributed by atoms with Crippen molar-refractivity contribution >= 4 is 6.16 Å². The van der Waals surface area contributed by atoms with Gasteiger partial charge in [-0.15, -0.1) is 0 Å². The maximum absolute atomic E-state index is 10.2. The Balaban J connectivity index is 0.000000301. The van der Waals surface area contributed by atoms with Gasteiger partial charge in [-0.25, -0.2) is 4.79 Å². The van der Waals surface area contributed by atoms with Crippen molar-refractivity contribution in [2.75, 3.05) is 47.4 Å². The minimum Gasteiger partial charge on any atom is -0.438 e. The van der Waals surface area contributed by atoms with Gasteiger partial charge in [-0.1, -0.05) is 12.8 Å². The third kappa shape index (κ3) is 14.1. The van der Waals surface area contributed by atoms with E-state index in [1.165, 1.54) is 71.8 Å². The van der Waals surface area contributed by atoms with Gasteiger partial charge in [-0.3, -0.25) is 0 Å². The number of methoxy groups -OCH3 is 1. The highest BCUT2D eigenvalue weighted by Gasteiger charge is 2.03. The molecule has 2 fully saturated rings. The van der Waals surface area contributed by atoms with Crippen LogP contribution in [0.3, 0.4) is 0 Å². The second kappa shape index (κ2) is 13.8. The Morgan fingerprint density at radius 3 is 1.32 bits per heavy atom. The molecule has 22 heavy (non-hydrogen) atoms. The molecule has 0 unspecified atom stereocenters. The fourth-order valence-corrected chi connectivity index (χ4v) is 2.34. The van der Waals surface area contributed by atoms with Crippen LogP contribution in [0.25, 0.3) is 0 Å². The van der Waals surface area contributed by atoms with Crippen molar-refractivity contribution in [3.8, 4) is 0 Å². The van der Waals surface area contributed by atoms with E-state index in [0.29, 0.717) is 0 Å². The quantitative estimate of drug-likeness (QED) is 0.694. The Bertz CT molecular complexity index is 245. The third-order valence-corrected chi connectivity index (χ3v) is 3.66. The van der Waals surface area contributed by atoms with E-state index in [-0.39, 0.29) is 6.10 Å². The molecule has 2 aliphatic rings. The zero-order chi connectivity index (χ0) is 16.8. The lowest BCUT2D eigenvalue weighted by atomic mass is 10.1. The van der Waals surface area contributed by atoms with Crippen LogP contribution in [0.2, 0.25) is 0 Å². The van der Waals surface area contributed by atoms with Crippen LogP contribution in [0, 0.1) is 0 Å². The van der Waals surface area contributed by atoms with E-state index in [4.69, 9.17) is 0 Å². The molecule has 0 aliphatic carbocycles. The van der Waals surface area contributed by atoms with Gasteiger partial charge in [0.25, 0.3) is 0 Å². The van der Waals surface area contributed by atoms with E-state index in [1.807, 2.05) is 0 Å². The van der Waals surface area contributed by atoms with E-state index in [9.17, 15) is 4.79 Å². The van der Waals surface area contributed by atoms with Crippen LogP contribution < -0.4 is 0 Å². The second-order valence-electron chi connectivity index (χ2n) is 6.35. The van der Waals surface area contributed by atoms with Gasteiger partial charge in [0, 0.05) is 0 Å². The first-order chi connectivity index (χ1) is 10.5. The molecule has 0 aromatic rings. The summed E-state index contributed by atoms with van der Waals surface area (Å²) in [6.07, 6.45) is 7.83. The van der Waals surface area contributed by atoms with Gasteiger partial charge < -0.3 is 19.3 Å². The number of carbonyl (C=O) groups is 1. The molecule has 5 nitrogen and oxygen atoms in total. The monoisotopic (exact) mass is 316 g/mol. The maximum atomic E-state index is 10.2. The summed E-state index contributed by atoms with van der Waals surface area (Å²) < 4.78 is 8.74. The van der Waals surface area contributed by atoms with Gasteiger partial charge in [0.05, 0.1) is 13.2 Å². The van der Waals surface area contributed by atoms with Crippen molar-refractivity contribution in [1.82, 2.24) is 9.80 Å². The first-order valence-electron chi connectivity index (χ1n) is 8.57. The number of nitrogens with zero attached hydrogens (tertiary/aromatic N) is 2. The molecule has 2 aliphatic heterocycles. The minimum absolute atomic E-state index is 0.0950. The number of rotatable bonds is 1. The zero-order valence-electron chi connectivity index (χ0n) is 15.3. The van der Waals surface area contributed by atoms with Crippen LogP contribution in [-0.4, -0.2) is 69.4 Å². The Hall–Kier alpha value is -0.810. The number of hydrogen-bond acceptors (Lipinski definition) is 5. The molecule has 2 saturated heterocycles. The molecule has 0 bridgehead atoms. The topological polar surface area (TPSA) is 42.0 Å². The highest BCUT2D eigenvalue weighted by molar-refractivity contribution is 5.59. The summed E-state index contributed by atoms with van der Waals surface area (Å²) in [5, 5.41) is 0. The van der Waals surface area contributed by atoms with Gasteiger partial charge in [-0.2, -0.15) is 0 Å². The predicted octanol–water partition coefficient (Wildman–Crippen LogP) is 3.38. The van der Waals surface area contributed by atoms with Crippen molar-refractivity contribution < 1.29 is 14.3 Å².